The maximum absolute atomic E-state index is 5.40. The van der Waals surface area contributed by atoms with Crippen LogP contribution in [0.15, 0.2) is 54.6 Å². The summed E-state index contributed by atoms with van der Waals surface area (Å²) in [6.45, 7) is 1.63. The van der Waals surface area contributed by atoms with Crippen LogP contribution in [-0.2, 0) is 26.4 Å². The van der Waals surface area contributed by atoms with Gasteiger partial charge in [-0.3, -0.25) is 0 Å². The number of rotatable bonds is 1. The van der Waals surface area contributed by atoms with Crippen LogP contribution in [0.1, 0.15) is 6.42 Å². The van der Waals surface area contributed by atoms with Gasteiger partial charge in [-0.15, -0.1) is 5.46 Å². The van der Waals surface area contributed by atoms with Gasteiger partial charge in [-0.2, -0.15) is 12.1 Å². The molecule has 0 atom stereocenters. The van der Waals surface area contributed by atoms with Gasteiger partial charge in [-0.25, -0.2) is 12.1 Å². The molecule has 2 aromatic carbocycles. The summed E-state index contributed by atoms with van der Waals surface area (Å²) >= 11 is 0. The van der Waals surface area contributed by atoms with Crippen molar-refractivity contribution in [3.63, 3.8) is 0 Å². The standard InChI is InChI=1S/C8H10BO2.C5H5.Fe/c1-2-5-8(4-1)9-10-6-3-7-11-9;1-2-4-5-3-1;/h1-2,4-5H,3,6-7H2;1-5H;/q-1;-5;. The molecular weight excluding hydrogens is 255 g/mol. The quantitative estimate of drug-likeness (QED) is 0.582. The Morgan fingerprint density at radius 1 is 0.882 bits per heavy atom. The molecule has 0 amide bonds. The average Bonchev–Trinajstić information content (AvgIpc) is 3.07. The second kappa shape index (κ2) is 8.32. The van der Waals surface area contributed by atoms with E-state index in [2.05, 4.69) is 0 Å². The molecule has 0 aromatic heterocycles. The molecule has 1 aliphatic heterocycles. The van der Waals surface area contributed by atoms with Crippen LogP contribution >= 0.6 is 0 Å². The summed E-state index contributed by atoms with van der Waals surface area (Å²) in [5, 5.41) is 0. The summed E-state index contributed by atoms with van der Waals surface area (Å²) in [6, 6.07) is 18.0. The summed E-state index contributed by atoms with van der Waals surface area (Å²) in [5.41, 5.74) is 1.13. The molecule has 1 aliphatic rings. The van der Waals surface area contributed by atoms with Gasteiger partial charge in [0.05, 0.1) is 0 Å². The van der Waals surface area contributed by atoms with E-state index in [1.165, 1.54) is 0 Å². The molecule has 0 saturated carbocycles. The molecule has 17 heavy (non-hydrogen) atoms. The van der Waals surface area contributed by atoms with E-state index in [1.54, 1.807) is 0 Å². The zero-order valence-electron chi connectivity index (χ0n) is 9.56. The fraction of sp³-hybridized carbons (Fsp3) is 0.231. The predicted octanol–water partition coefficient (Wildman–Crippen LogP) is 1.94. The Kier molecular flexibility index (Phi) is 6.98. The van der Waals surface area contributed by atoms with Crippen molar-refractivity contribution in [1.29, 1.82) is 0 Å². The van der Waals surface area contributed by atoms with E-state index >= 15 is 0 Å². The topological polar surface area (TPSA) is 18.5 Å². The van der Waals surface area contributed by atoms with Crippen molar-refractivity contribution in [1.82, 2.24) is 0 Å². The summed E-state index contributed by atoms with van der Waals surface area (Å²) in [4.78, 5) is 0. The zero-order chi connectivity index (χ0) is 11.1. The first kappa shape index (κ1) is 14.3. The smallest absolute Gasteiger partial charge is 0.417 e. The molecule has 1 fully saturated rings. The first-order valence-corrected chi connectivity index (χ1v) is 5.58. The Balaban J connectivity index is 0.000000205. The molecule has 96 valence electrons. The van der Waals surface area contributed by atoms with Gasteiger partial charge in [0.15, 0.2) is 0 Å². The van der Waals surface area contributed by atoms with E-state index < -0.39 is 0 Å². The van der Waals surface area contributed by atoms with Gasteiger partial charge < -0.3 is 39.6 Å². The summed E-state index contributed by atoms with van der Waals surface area (Å²) in [6.07, 6.45) is 1.01. The van der Waals surface area contributed by atoms with Gasteiger partial charge in [-0.05, 0) is 6.42 Å². The minimum absolute atomic E-state index is 0. The van der Waals surface area contributed by atoms with Crippen LogP contribution in [0.3, 0.4) is 0 Å². The molecule has 1 saturated heterocycles. The van der Waals surface area contributed by atoms with Gasteiger partial charge >= 0.3 is 7.12 Å². The van der Waals surface area contributed by atoms with Crippen molar-refractivity contribution in [2.24, 2.45) is 0 Å². The maximum Gasteiger partial charge on any atom is 0.417 e. The van der Waals surface area contributed by atoms with Crippen molar-refractivity contribution in [3.05, 3.63) is 54.6 Å². The van der Waals surface area contributed by atoms with Gasteiger partial charge in [0, 0.05) is 30.3 Å². The molecule has 0 aliphatic carbocycles. The molecule has 2 nitrogen and oxygen atoms in total. The summed E-state index contributed by atoms with van der Waals surface area (Å²) < 4.78 is 10.8. The Labute approximate surface area is 113 Å². The van der Waals surface area contributed by atoms with Gasteiger partial charge in [0.25, 0.3) is 0 Å². The fourth-order valence-electron chi connectivity index (χ4n) is 1.55. The third kappa shape index (κ3) is 4.92. The van der Waals surface area contributed by atoms with Crippen molar-refractivity contribution >= 4 is 12.6 Å². The Bertz CT molecular complexity index is 335. The van der Waals surface area contributed by atoms with Crippen LogP contribution < -0.4 is 5.46 Å². The SMILES string of the molecule is [Fe].[cH-]1[cH-][cH-][cH-][cH-]1.c1cc[c-](B2OCCCO2)c1. The van der Waals surface area contributed by atoms with E-state index in [1.807, 2.05) is 54.6 Å². The molecule has 1 heterocycles. The van der Waals surface area contributed by atoms with Crippen LogP contribution in [0.5, 0.6) is 0 Å². The molecule has 4 heteroatoms. The van der Waals surface area contributed by atoms with Crippen molar-refractivity contribution in [2.75, 3.05) is 13.2 Å². The largest absolute Gasteiger partial charge is 0.748 e. The van der Waals surface area contributed by atoms with E-state index in [0.29, 0.717) is 0 Å². The van der Waals surface area contributed by atoms with Crippen molar-refractivity contribution in [2.45, 2.75) is 6.42 Å². The van der Waals surface area contributed by atoms with Gasteiger partial charge in [-0.1, -0.05) is 0 Å². The molecule has 0 unspecified atom stereocenters. The van der Waals surface area contributed by atoms with Crippen LogP contribution in [0, 0.1) is 0 Å². The van der Waals surface area contributed by atoms with Crippen LogP contribution in [0.4, 0.5) is 0 Å². The zero-order valence-corrected chi connectivity index (χ0v) is 10.7. The van der Waals surface area contributed by atoms with E-state index in [9.17, 15) is 0 Å². The molecule has 0 N–H and O–H groups in total. The molecule has 3 rings (SSSR count). The van der Waals surface area contributed by atoms with E-state index in [4.69, 9.17) is 9.31 Å². The second-order valence-electron chi connectivity index (χ2n) is 3.61. The number of hydrogen-bond acceptors (Lipinski definition) is 2. The van der Waals surface area contributed by atoms with Gasteiger partial charge in [0.2, 0.25) is 0 Å². The molecule has 2 aromatic rings. The Morgan fingerprint density at radius 2 is 1.35 bits per heavy atom. The minimum atomic E-state index is -0.112. The normalized spacial score (nSPS) is 14.5. The average molecular weight is 270 g/mol. The Hall–Kier alpha value is -0.796. The van der Waals surface area contributed by atoms with E-state index in [-0.39, 0.29) is 24.2 Å². The molecule has 0 spiro atoms. The minimum Gasteiger partial charge on any atom is -0.748 e. The Morgan fingerprint density at radius 3 is 1.82 bits per heavy atom. The second-order valence-corrected chi connectivity index (χ2v) is 3.61. The first-order chi connectivity index (χ1) is 7.97. The van der Waals surface area contributed by atoms with Crippen LogP contribution in [0.2, 0.25) is 0 Å². The number of hydrogen-bond donors (Lipinski definition) is 0. The monoisotopic (exact) mass is 270 g/mol. The molecule has 0 bridgehead atoms. The fourth-order valence-corrected chi connectivity index (χ4v) is 1.55. The summed E-state index contributed by atoms with van der Waals surface area (Å²) in [5.74, 6) is 0. The first-order valence-electron chi connectivity index (χ1n) is 5.58. The van der Waals surface area contributed by atoms with Crippen LogP contribution in [-0.4, -0.2) is 20.3 Å². The van der Waals surface area contributed by atoms with Crippen molar-refractivity contribution < 1.29 is 26.4 Å². The van der Waals surface area contributed by atoms with E-state index in [0.717, 1.165) is 25.1 Å². The predicted molar refractivity (Wildman–Crippen MR) is 66.0 cm³/mol. The van der Waals surface area contributed by atoms with Crippen molar-refractivity contribution in [3.8, 4) is 0 Å². The van der Waals surface area contributed by atoms with Crippen LogP contribution in [0.25, 0.3) is 0 Å². The van der Waals surface area contributed by atoms with Gasteiger partial charge in [0.1, 0.15) is 0 Å². The third-order valence-corrected chi connectivity index (χ3v) is 2.34. The third-order valence-electron chi connectivity index (χ3n) is 2.34. The molecule has 0 radical (unpaired) electrons. The summed E-state index contributed by atoms with van der Waals surface area (Å²) in [7, 11) is -0.112. The molecular formula is C13H15BFeO2-6. The maximum atomic E-state index is 5.40.